The summed E-state index contributed by atoms with van der Waals surface area (Å²) in [4.78, 5) is 24.0. The Labute approximate surface area is 185 Å². The summed E-state index contributed by atoms with van der Waals surface area (Å²) in [5.41, 5.74) is 3.87. The van der Waals surface area contributed by atoms with E-state index in [4.69, 9.17) is 0 Å². The molecule has 7 nitrogen and oxygen atoms in total. The summed E-state index contributed by atoms with van der Waals surface area (Å²) >= 11 is 1.34. The van der Waals surface area contributed by atoms with Gasteiger partial charge < -0.3 is 10.6 Å². The highest BCUT2D eigenvalue weighted by Crippen LogP contribution is 2.41. The van der Waals surface area contributed by atoms with E-state index in [9.17, 15) is 9.59 Å². The predicted octanol–water partition coefficient (Wildman–Crippen LogP) is 3.89. The van der Waals surface area contributed by atoms with Crippen LogP contribution in [-0.2, 0) is 9.59 Å². The van der Waals surface area contributed by atoms with Crippen molar-refractivity contribution in [3.63, 3.8) is 0 Å². The van der Waals surface area contributed by atoms with Gasteiger partial charge in [-0.25, -0.2) is 0 Å². The lowest BCUT2D eigenvalue weighted by Crippen LogP contribution is -2.31. The Bertz CT molecular complexity index is 1080. The van der Waals surface area contributed by atoms with Gasteiger partial charge in [0.25, 0.3) is 0 Å². The molecule has 1 aliphatic rings. The molecule has 1 fully saturated rings. The zero-order chi connectivity index (χ0) is 21.8. The van der Waals surface area contributed by atoms with Gasteiger partial charge in [-0.1, -0.05) is 47.7 Å². The van der Waals surface area contributed by atoms with Gasteiger partial charge in [0.05, 0.1) is 17.5 Å². The minimum atomic E-state index is -0.133. The molecule has 1 unspecified atom stereocenters. The first-order chi connectivity index (χ1) is 15.0. The molecule has 1 atom stereocenters. The number of thioether (sulfide) groups is 1. The van der Waals surface area contributed by atoms with E-state index in [2.05, 4.69) is 52.0 Å². The number of aryl methyl sites for hydroxylation is 1. The molecule has 160 valence electrons. The quantitative estimate of drug-likeness (QED) is 0.524. The zero-order valence-corrected chi connectivity index (χ0v) is 18.4. The molecule has 2 aromatic carbocycles. The van der Waals surface area contributed by atoms with Crippen molar-refractivity contribution in [1.29, 1.82) is 0 Å². The SMILES string of the molecule is CC(=O)Nc1cccc(-n2cnnc2SCC(=O)NC(c2ccc(C)cc2)C2CC2)c1. The van der Waals surface area contributed by atoms with E-state index in [1.54, 1.807) is 6.33 Å². The predicted molar refractivity (Wildman–Crippen MR) is 121 cm³/mol. The third kappa shape index (κ3) is 5.52. The molecule has 0 aliphatic heterocycles. The highest BCUT2D eigenvalue weighted by Gasteiger charge is 2.33. The van der Waals surface area contributed by atoms with Gasteiger partial charge in [0.2, 0.25) is 11.8 Å². The molecule has 2 amide bonds. The van der Waals surface area contributed by atoms with Crippen LogP contribution in [0, 0.1) is 12.8 Å². The van der Waals surface area contributed by atoms with Crippen LogP contribution in [0.15, 0.2) is 60.0 Å². The minimum Gasteiger partial charge on any atom is -0.348 e. The highest BCUT2D eigenvalue weighted by molar-refractivity contribution is 7.99. The van der Waals surface area contributed by atoms with Gasteiger partial charge >= 0.3 is 0 Å². The van der Waals surface area contributed by atoms with E-state index in [1.165, 1.54) is 24.2 Å². The molecule has 2 N–H and O–H groups in total. The number of benzene rings is 2. The molecule has 0 bridgehead atoms. The Morgan fingerprint density at radius 1 is 1.19 bits per heavy atom. The maximum atomic E-state index is 12.7. The van der Waals surface area contributed by atoms with Crippen LogP contribution >= 0.6 is 11.8 Å². The summed E-state index contributed by atoms with van der Waals surface area (Å²) in [5, 5.41) is 14.7. The summed E-state index contributed by atoms with van der Waals surface area (Å²) in [6, 6.07) is 15.8. The van der Waals surface area contributed by atoms with Crippen LogP contribution in [0.25, 0.3) is 5.69 Å². The number of carbonyl (C=O) groups is 2. The number of nitrogens with zero attached hydrogens (tertiary/aromatic N) is 3. The van der Waals surface area contributed by atoms with Gasteiger partial charge in [0.1, 0.15) is 6.33 Å². The molecule has 1 aliphatic carbocycles. The summed E-state index contributed by atoms with van der Waals surface area (Å²) < 4.78 is 1.81. The van der Waals surface area contributed by atoms with E-state index in [-0.39, 0.29) is 23.6 Å². The lowest BCUT2D eigenvalue weighted by molar-refractivity contribution is -0.119. The number of anilines is 1. The minimum absolute atomic E-state index is 0.0241. The van der Waals surface area contributed by atoms with Crippen molar-refractivity contribution in [1.82, 2.24) is 20.1 Å². The van der Waals surface area contributed by atoms with Crippen molar-refractivity contribution in [2.45, 2.75) is 37.9 Å². The summed E-state index contributed by atoms with van der Waals surface area (Å²) in [6.45, 7) is 3.53. The third-order valence-electron chi connectivity index (χ3n) is 5.14. The monoisotopic (exact) mass is 435 g/mol. The largest absolute Gasteiger partial charge is 0.348 e. The van der Waals surface area contributed by atoms with Crippen molar-refractivity contribution < 1.29 is 9.59 Å². The number of aromatic nitrogens is 3. The van der Waals surface area contributed by atoms with Gasteiger partial charge in [-0.2, -0.15) is 0 Å². The maximum Gasteiger partial charge on any atom is 0.230 e. The number of hydrogen-bond acceptors (Lipinski definition) is 5. The Hall–Kier alpha value is -3.13. The average Bonchev–Trinajstić information content (AvgIpc) is 3.48. The standard InChI is InChI=1S/C23H25N5O2S/c1-15-6-8-17(9-7-15)22(18-10-11-18)26-21(30)13-31-23-27-24-14-28(23)20-5-3-4-19(12-20)25-16(2)29/h3-9,12,14,18,22H,10-11,13H2,1-2H3,(H,25,29)(H,26,30). The number of rotatable bonds is 8. The molecule has 0 spiro atoms. The molecule has 0 saturated heterocycles. The first kappa shape index (κ1) is 21.1. The Kier molecular flexibility index (Phi) is 6.36. The van der Waals surface area contributed by atoms with Crippen LogP contribution in [0.2, 0.25) is 0 Å². The Morgan fingerprint density at radius 2 is 1.97 bits per heavy atom. The molecule has 3 aromatic rings. The molecule has 8 heteroatoms. The molecular formula is C23H25N5O2S. The van der Waals surface area contributed by atoms with E-state index in [0.29, 0.717) is 16.8 Å². The molecule has 1 saturated carbocycles. The topological polar surface area (TPSA) is 88.9 Å². The molecule has 1 aromatic heterocycles. The van der Waals surface area contributed by atoms with Crippen molar-refractivity contribution in [2.24, 2.45) is 5.92 Å². The van der Waals surface area contributed by atoms with Crippen LogP contribution in [0.1, 0.15) is 36.9 Å². The number of amides is 2. The lowest BCUT2D eigenvalue weighted by Gasteiger charge is -2.19. The molecule has 4 rings (SSSR count). The van der Waals surface area contributed by atoms with E-state index >= 15 is 0 Å². The highest BCUT2D eigenvalue weighted by atomic mass is 32.2. The maximum absolute atomic E-state index is 12.7. The second-order valence-corrected chi connectivity index (χ2v) is 8.74. The molecule has 31 heavy (non-hydrogen) atoms. The van der Waals surface area contributed by atoms with Crippen molar-refractivity contribution in [3.8, 4) is 5.69 Å². The number of nitrogens with one attached hydrogen (secondary N) is 2. The Morgan fingerprint density at radius 3 is 2.68 bits per heavy atom. The van der Waals surface area contributed by atoms with Gasteiger partial charge in [-0.3, -0.25) is 14.2 Å². The zero-order valence-electron chi connectivity index (χ0n) is 17.5. The van der Waals surface area contributed by atoms with Crippen molar-refractivity contribution in [3.05, 3.63) is 66.0 Å². The first-order valence-corrected chi connectivity index (χ1v) is 11.2. The number of carbonyl (C=O) groups excluding carboxylic acids is 2. The molecule has 0 radical (unpaired) electrons. The first-order valence-electron chi connectivity index (χ1n) is 10.3. The lowest BCUT2D eigenvalue weighted by atomic mass is 10.0. The fraction of sp³-hybridized carbons (Fsp3) is 0.304. The summed E-state index contributed by atoms with van der Waals surface area (Å²) in [6.07, 6.45) is 3.89. The second kappa shape index (κ2) is 9.34. The van der Waals surface area contributed by atoms with Crippen molar-refractivity contribution in [2.75, 3.05) is 11.1 Å². The van der Waals surface area contributed by atoms with E-state index in [0.717, 1.165) is 24.1 Å². The van der Waals surface area contributed by atoms with Crippen LogP contribution < -0.4 is 10.6 Å². The van der Waals surface area contributed by atoms with Crippen molar-refractivity contribution >= 4 is 29.3 Å². The fourth-order valence-electron chi connectivity index (χ4n) is 3.46. The number of hydrogen-bond donors (Lipinski definition) is 2. The van der Waals surface area contributed by atoms with Crippen LogP contribution in [0.3, 0.4) is 0 Å². The van der Waals surface area contributed by atoms with Crippen LogP contribution in [0.5, 0.6) is 0 Å². The molecular weight excluding hydrogens is 410 g/mol. The van der Waals surface area contributed by atoms with Gasteiger partial charge in [-0.05, 0) is 49.4 Å². The summed E-state index contributed by atoms with van der Waals surface area (Å²) in [7, 11) is 0. The third-order valence-corrected chi connectivity index (χ3v) is 6.08. The smallest absolute Gasteiger partial charge is 0.230 e. The van der Waals surface area contributed by atoms with E-state index in [1.807, 2.05) is 28.8 Å². The van der Waals surface area contributed by atoms with Gasteiger partial charge in [0, 0.05) is 12.6 Å². The van der Waals surface area contributed by atoms with Gasteiger partial charge in [0.15, 0.2) is 5.16 Å². The normalized spacial score (nSPS) is 14.1. The Balaban J connectivity index is 1.41. The summed E-state index contributed by atoms with van der Waals surface area (Å²) in [5.74, 6) is 0.603. The second-order valence-electron chi connectivity index (χ2n) is 7.80. The van der Waals surface area contributed by atoms with Crippen LogP contribution in [-0.4, -0.2) is 32.3 Å². The van der Waals surface area contributed by atoms with Crippen LogP contribution in [0.4, 0.5) is 5.69 Å². The average molecular weight is 436 g/mol. The van der Waals surface area contributed by atoms with Gasteiger partial charge in [-0.15, -0.1) is 10.2 Å². The van der Waals surface area contributed by atoms with E-state index < -0.39 is 0 Å². The molecule has 1 heterocycles. The fourth-order valence-corrected chi connectivity index (χ4v) is 4.20.